The number of carbonyl (C=O) groups is 2. The van der Waals surface area contributed by atoms with Gasteiger partial charge < -0.3 is 10.3 Å². The smallest absolute Gasteiger partial charge is 0.257 e. The van der Waals surface area contributed by atoms with Gasteiger partial charge in [0.25, 0.3) is 5.91 Å². The molecule has 0 bridgehead atoms. The Morgan fingerprint density at radius 3 is 2.47 bits per heavy atom. The van der Waals surface area contributed by atoms with Gasteiger partial charge in [0, 0.05) is 22.6 Å². The molecular weight excluding hydrogens is 240 g/mol. The van der Waals surface area contributed by atoms with Gasteiger partial charge in [-0.3, -0.25) is 9.59 Å². The minimum Gasteiger partial charge on any atom is -0.362 e. The average Bonchev–Trinajstić information content (AvgIpc) is 2.69. The molecule has 0 aliphatic heterocycles. The number of carbonyl (C=O) groups excluding carboxylic acids is 2. The molecule has 0 unspecified atom stereocenters. The van der Waals surface area contributed by atoms with Crippen LogP contribution in [0.2, 0.25) is 0 Å². The molecule has 0 saturated heterocycles. The minimum atomic E-state index is -0.178. The number of nitrogens with one attached hydrogen (secondary N) is 2. The first-order valence-corrected chi connectivity index (χ1v) is 6.06. The zero-order chi connectivity index (χ0) is 14.0. The van der Waals surface area contributed by atoms with Gasteiger partial charge in [0.05, 0.1) is 5.56 Å². The zero-order valence-corrected chi connectivity index (χ0v) is 11.2. The molecule has 19 heavy (non-hydrogen) atoms. The summed E-state index contributed by atoms with van der Waals surface area (Å²) in [6.45, 7) is 5.26. The Kier molecular flexibility index (Phi) is 3.51. The lowest BCUT2D eigenvalue weighted by molar-refractivity contribution is 0.101. The molecule has 0 radical (unpaired) electrons. The standard InChI is InChI=1S/C15H16N2O2/c1-9-7-14(10(2)16-9)15(19)17-13-6-4-5-12(8-13)11(3)18/h4-8,16H,1-3H3,(H,17,19). The van der Waals surface area contributed by atoms with E-state index in [1.165, 1.54) is 6.92 Å². The Bertz CT molecular complexity index is 641. The number of aromatic nitrogens is 1. The third kappa shape index (κ3) is 2.91. The van der Waals surface area contributed by atoms with Gasteiger partial charge in [0.15, 0.2) is 5.78 Å². The fourth-order valence-corrected chi connectivity index (χ4v) is 1.97. The molecule has 0 fully saturated rings. The van der Waals surface area contributed by atoms with E-state index in [4.69, 9.17) is 0 Å². The van der Waals surface area contributed by atoms with Crippen LogP contribution in [-0.2, 0) is 0 Å². The van der Waals surface area contributed by atoms with E-state index < -0.39 is 0 Å². The molecule has 0 aliphatic rings. The van der Waals surface area contributed by atoms with Crippen molar-refractivity contribution in [2.45, 2.75) is 20.8 Å². The highest BCUT2D eigenvalue weighted by atomic mass is 16.1. The number of Topliss-reactive ketones (excluding diaryl/α,β-unsaturated/α-hetero) is 1. The van der Waals surface area contributed by atoms with Crippen LogP contribution in [-0.4, -0.2) is 16.7 Å². The van der Waals surface area contributed by atoms with Crippen LogP contribution in [0.5, 0.6) is 0 Å². The lowest BCUT2D eigenvalue weighted by Crippen LogP contribution is -2.12. The Balaban J connectivity index is 2.21. The second-order valence-corrected chi connectivity index (χ2v) is 4.58. The van der Waals surface area contributed by atoms with E-state index in [1.54, 1.807) is 30.3 Å². The highest BCUT2D eigenvalue weighted by Gasteiger charge is 2.12. The van der Waals surface area contributed by atoms with Crippen LogP contribution in [0.25, 0.3) is 0 Å². The van der Waals surface area contributed by atoms with Gasteiger partial charge in [-0.15, -0.1) is 0 Å². The molecule has 4 nitrogen and oxygen atoms in total. The third-order valence-electron chi connectivity index (χ3n) is 2.92. The van der Waals surface area contributed by atoms with Crippen molar-refractivity contribution < 1.29 is 9.59 Å². The number of rotatable bonds is 3. The summed E-state index contributed by atoms with van der Waals surface area (Å²) in [4.78, 5) is 26.5. The molecule has 1 aromatic heterocycles. The minimum absolute atomic E-state index is 0.0234. The number of ketones is 1. The molecule has 2 rings (SSSR count). The van der Waals surface area contributed by atoms with E-state index in [-0.39, 0.29) is 11.7 Å². The van der Waals surface area contributed by atoms with Crippen molar-refractivity contribution >= 4 is 17.4 Å². The number of aryl methyl sites for hydroxylation is 2. The normalized spacial score (nSPS) is 10.3. The van der Waals surface area contributed by atoms with Gasteiger partial charge in [-0.2, -0.15) is 0 Å². The van der Waals surface area contributed by atoms with Crippen molar-refractivity contribution in [1.29, 1.82) is 0 Å². The van der Waals surface area contributed by atoms with Crippen molar-refractivity contribution in [3.05, 3.63) is 52.8 Å². The third-order valence-corrected chi connectivity index (χ3v) is 2.92. The van der Waals surface area contributed by atoms with Crippen LogP contribution >= 0.6 is 0 Å². The number of amides is 1. The molecule has 0 spiro atoms. The summed E-state index contributed by atoms with van der Waals surface area (Å²) in [7, 11) is 0. The monoisotopic (exact) mass is 256 g/mol. The number of aromatic amines is 1. The van der Waals surface area contributed by atoms with Gasteiger partial charge in [-0.05, 0) is 39.0 Å². The van der Waals surface area contributed by atoms with E-state index in [0.29, 0.717) is 16.8 Å². The topological polar surface area (TPSA) is 62.0 Å². The quantitative estimate of drug-likeness (QED) is 0.829. The molecule has 0 saturated carbocycles. The van der Waals surface area contributed by atoms with Crippen molar-refractivity contribution in [3.63, 3.8) is 0 Å². The summed E-state index contributed by atoms with van der Waals surface area (Å²) in [5.41, 5.74) is 3.60. The number of benzene rings is 1. The Morgan fingerprint density at radius 1 is 1.16 bits per heavy atom. The van der Waals surface area contributed by atoms with Gasteiger partial charge in [0.2, 0.25) is 0 Å². The Morgan fingerprint density at radius 2 is 1.89 bits per heavy atom. The summed E-state index contributed by atoms with van der Waals surface area (Å²) in [5.74, 6) is -0.202. The van der Waals surface area contributed by atoms with Crippen molar-refractivity contribution in [1.82, 2.24) is 4.98 Å². The lowest BCUT2D eigenvalue weighted by Gasteiger charge is -2.06. The molecule has 98 valence electrons. The highest BCUT2D eigenvalue weighted by Crippen LogP contribution is 2.15. The van der Waals surface area contributed by atoms with Gasteiger partial charge >= 0.3 is 0 Å². The fourth-order valence-electron chi connectivity index (χ4n) is 1.97. The van der Waals surface area contributed by atoms with E-state index in [2.05, 4.69) is 10.3 Å². The SMILES string of the molecule is CC(=O)c1cccc(NC(=O)c2cc(C)[nH]c2C)c1. The van der Waals surface area contributed by atoms with E-state index in [1.807, 2.05) is 13.8 Å². The van der Waals surface area contributed by atoms with Crippen LogP contribution in [0.4, 0.5) is 5.69 Å². The fraction of sp³-hybridized carbons (Fsp3) is 0.200. The molecule has 2 N–H and O–H groups in total. The van der Waals surface area contributed by atoms with Gasteiger partial charge in [-0.25, -0.2) is 0 Å². The first-order chi connectivity index (χ1) is 8.97. The number of anilines is 1. The summed E-state index contributed by atoms with van der Waals surface area (Å²) >= 11 is 0. The molecule has 2 aromatic rings. The molecule has 0 atom stereocenters. The maximum atomic E-state index is 12.1. The first kappa shape index (κ1) is 13.1. The largest absolute Gasteiger partial charge is 0.362 e. The van der Waals surface area contributed by atoms with Crippen LogP contribution in [0.1, 0.15) is 39.0 Å². The molecular formula is C15H16N2O2. The number of H-pyrrole nitrogens is 1. The second kappa shape index (κ2) is 5.10. The van der Waals surface area contributed by atoms with E-state index >= 15 is 0 Å². The van der Waals surface area contributed by atoms with Crippen LogP contribution < -0.4 is 5.32 Å². The van der Waals surface area contributed by atoms with Crippen LogP contribution in [0, 0.1) is 13.8 Å². The predicted molar refractivity (Wildman–Crippen MR) is 74.7 cm³/mol. The van der Waals surface area contributed by atoms with Gasteiger partial charge in [0.1, 0.15) is 0 Å². The highest BCUT2D eigenvalue weighted by molar-refractivity contribution is 6.06. The summed E-state index contributed by atoms with van der Waals surface area (Å²) < 4.78 is 0. The van der Waals surface area contributed by atoms with Crippen molar-refractivity contribution in [2.75, 3.05) is 5.32 Å². The Labute approximate surface area is 111 Å². The maximum Gasteiger partial charge on any atom is 0.257 e. The van der Waals surface area contributed by atoms with Crippen LogP contribution in [0.15, 0.2) is 30.3 Å². The van der Waals surface area contributed by atoms with E-state index in [0.717, 1.165) is 11.4 Å². The molecule has 1 aromatic carbocycles. The summed E-state index contributed by atoms with van der Waals surface area (Å²) in [6.07, 6.45) is 0. The molecule has 1 heterocycles. The molecule has 0 aliphatic carbocycles. The van der Waals surface area contributed by atoms with Gasteiger partial charge in [-0.1, -0.05) is 12.1 Å². The average molecular weight is 256 g/mol. The Hall–Kier alpha value is -2.36. The molecule has 1 amide bonds. The zero-order valence-electron chi connectivity index (χ0n) is 11.2. The number of hydrogen-bond acceptors (Lipinski definition) is 2. The van der Waals surface area contributed by atoms with E-state index in [9.17, 15) is 9.59 Å². The molecule has 4 heteroatoms. The number of hydrogen-bond donors (Lipinski definition) is 2. The lowest BCUT2D eigenvalue weighted by atomic mass is 10.1. The second-order valence-electron chi connectivity index (χ2n) is 4.58. The maximum absolute atomic E-state index is 12.1. The summed E-state index contributed by atoms with van der Waals surface area (Å²) in [6, 6.07) is 8.72. The van der Waals surface area contributed by atoms with Crippen molar-refractivity contribution in [2.24, 2.45) is 0 Å². The summed E-state index contributed by atoms with van der Waals surface area (Å²) in [5, 5.41) is 2.80. The van der Waals surface area contributed by atoms with Crippen molar-refractivity contribution in [3.8, 4) is 0 Å². The first-order valence-electron chi connectivity index (χ1n) is 6.06. The predicted octanol–water partition coefficient (Wildman–Crippen LogP) is 3.09. The van der Waals surface area contributed by atoms with Crippen LogP contribution in [0.3, 0.4) is 0 Å².